The number of benzene rings is 1. The van der Waals surface area contributed by atoms with Gasteiger partial charge in [0.1, 0.15) is 12.1 Å². The van der Waals surface area contributed by atoms with Gasteiger partial charge in [-0.2, -0.15) is 23.5 Å². The number of rotatable bonds is 6. The highest BCUT2D eigenvalue weighted by atomic mass is 19.4. The van der Waals surface area contributed by atoms with Crippen molar-refractivity contribution in [2.24, 2.45) is 7.05 Å². The Labute approximate surface area is 214 Å². The van der Waals surface area contributed by atoms with E-state index in [1.165, 1.54) is 15.3 Å². The number of fused-ring (bicyclic) bond motifs is 1. The number of aryl methyl sites for hydroxylation is 2. The lowest BCUT2D eigenvalue weighted by molar-refractivity contribution is -0.139. The molecule has 1 aliphatic heterocycles. The highest BCUT2D eigenvalue weighted by molar-refractivity contribution is 5.88. The van der Waals surface area contributed by atoms with E-state index in [0.717, 1.165) is 12.8 Å². The van der Waals surface area contributed by atoms with E-state index in [4.69, 9.17) is 5.26 Å². The Morgan fingerprint density at radius 1 is 1.16 bits per heavy atom. The zero-order valence-electron chi connectivity index (χ0n) is 21.9. The molecule has 3 atom stereocenters. The molecule has 3 aromatic rings. The fourth-order valence-corrected chi connectivity index (χ4v) is 5.53. The van der Waals surface area contributed by atoms with Crippen molar-refractivity contribution in [3.63, 3.8) is 0 Å². The molecule has 0 bridgehead atoms. The van der Waals surface area contributed by atoms with Crippen LogP contribution >= 0.6 is 0 Å². The molecule has 0 saturated carbocycles. The number of pyridine rings is 1. The quantitative estimate of drug-likeness (QED) is 0.462. The van der Waals surface area contributed by atoms with Crippen LogP contribution in [0.3, 0.4) is 0 Å². The maximum absolute atomic E-state index is 13.9. The van der Waals surface area contributed by atoms with E-state index in [-0.39, 0.29) is 29.8 Å². The van der Waals surface area contributed by atoms with Crippen LogP contribution in [0.5, 0.6) is 0 Å². The number of alkyl halides is 3. The maximum Gasteiger partial charge on any atom is 0.416 e. The van der Waals surface area contributed by atoms with E-state index < -0.39 is 17.8 Å². The summed E-state index contributed by atoms with van der Waals surface area (Å²) in [5.41, 5.74) is 2.10. The zero-order valence-corrected chi connectivity index (χ0v) is 21.9. The number of aromatic nitrogens is 3. The minimum Gasteiger partial charge on any atom is -0.364 e. The Bertz CT molecular complexity index is 1390. The molecule has 0 aliphatic carbocycles. The molecule has 4 rings (SSSR count). The minimum atomic E-state index is -4.43. The van der Waals surface area contributed by atoms with Gasteiger partial charge in [0.05, 0.1) is 29.0 Å². The van der Waals surface area contributed by atoms with Crippen molar-refractivity contribution in [3.8, 4) is 6.07 Å². The number of anilines is 1. The van der Waals surface area contributed by atoms with Gasteiger partial charge in [0.2, 0.25) is 0 Å². The second kappa shape index (κ2) is 10.2. The first kappa shape index (κ1) is 26.7. The van der Waals surface area contributed by atoms with Crippen LogP contribution in [0.1, 0.15) is 56.3 Å². The molecule has 10 heteroatoms. The average molecular weight is 515 g/mol. The number of nitriles is 1. The summed E-state index contributed by atoms with van der Waals surface area (Å²) < 4.78 is 44.9. The van der Waals surface area contributed by atoms with Crippen LogP contribution in [0.25, 0.3) is 11.0 Å². The molecule has 1 aromatic carbocycles. The van der Waals surface area contributed by atoms with Crippen LogP contribution < -0.4 is 10.5 Å². The summed E-state index contributed by atoms with van der Waals surface area (Å²) in [4.78, 5) is 17.2. The summed E-state index contributed by atoms with van der Waals surface area (Å²) >= 11 is 0. The van der Waals surface area contributed by atoms with Gasteiger partial charge in [-0.1, -0.05) is 31.5 Å². The molecule has 0 N–H and O–H groups in total. The highest BCUT2D eigenvalue weighted by Crippen LogP contribution is 2.40. The number of piperazine rings is 1. The zero-order chi connectivity index (χ0) is 27.1. The number of hydrogen-bond acceptors (Lipinski definition) is 5. The topological polar surface area (TPSA) is 70.1 Å². The summed E-state index contributed by atoms with van der Waals surface area (Å²) in [6.45, 7) is 8.79. The molecule has 0 spiro atoms. The minimum absolute atomic E-state index is 0.0264. The fraction of sp³-hybridized carbons (Fsp3) is 0.519. The Hall–Kier alpha value is -3.32. The normalized spacial score (nSPS) is 19.8. The summed E-state index contributed by atoms with van der Waals surface area (Å²) in [6.07, 6.45) is -1.24. The first-order chi connectivity index (χ1) is 17.5. The summed E-state index contributed by atoms with van der Waals surface area (Å²) in [7, 11) is 1.68. The third-order valence-corrected chi connectivity index (χ3v) is 7.62. The smallest absolute Gasteiger partial charge is 0.364 e. The lowest BCUT2D eigenvalue weighted by atomic mass is 9.93. The van der Waals surface area contributed by atoms with E-state index in [1.54, 1.807) is 38.4 Å². The van der Waals surface area contributed by atoms with E-state index in [2.05, 4.69) is 21.0 Å². The maximum atomic E-state index is 13.9. The van der Waals surface area contributed by atoms with Crippen molar-refractivity contribution in [1.29, 1.82) is 5.26 Å². The van der Waals surface area contributed by atoms with Crippen molar-refractivity contribution in [2.45, 2.75) is 71.4 Å². The standard InChI is InChI=1S/C27H33F3N6O/c1-6-19-15-36(23-13-25(37)33(5)24-16-34(11-10-31)32-26(23)24)20(7-2)14-35(19)18(4)21-9-8-17(3)12-22(21)27(28,29)30/h8-9,12-13,16,18-20H,6-7,11,14-15H2,1-5H3/t18-,19+,20-/m0/s1. The lowest BCUT2D eigenvalue weighted by Crippen LogP contribution is -2.59. The summed E-state index contributed by atoms with van der Waals surface area (Å²) in [5, 5.41) is 13.7. The summed E-state index contributed by atoms with van der Waals surface area (Å²) in [6, 6.07) is 7.75. The van der Waals surface area contributed by atoms with Crippen LogP contribution in [0.2, 0.25) is 0 Å². The molecule has 1 saturated heterocycles. The number of nitrogens with zero attached hydrogens (tertiary/aromatic N) is 6. The first-order valence-corrected chi connectivity index (χ1v) is 12.6. The number of halogens is 3. The third-order valence-electron chi connectivity index (χ3n) is 7.62. The molecule has 2 aromatic heterocycles. The van der Waals surface area contributed by atoms with Crippen LogP contribution in [0.4, 0.5) is 18.9 Å². The van der Waals surface area contributed by atoms with Crippen LogP contribution in [-0.4, -0.2) is 44.4 Å². The van der Waals surface area contributed by atoms with Crippen molar-refractivity contribution >= 4 is 16.7 Å². The molecule has 0 amide bonds. The average Bonchev–Trinajstić information content (AvgIpc) is 3.29. The van der Waals surface area contributed by atoms with Gasteiger partial charge >= 0.3 is 6.18 Å². The van der Waals surface area contributed by atoms with E-state index in [9.17, 15) is 18.0 Å². The van der Waals surface area contributed by atoms with Gasteiger partial charge in [-0.15, -0.1) is 0 Å². The van der Waals surface area contributed by atoms with Gasteiger partial charge in [0, 0.05) is 44.3 Å². The highest BCUT2D eigenvalue weighted by Gasteiger charge is 2.40. The SMILES string of the molecule is CC[C@H]1CN([C@@H](C)c2ccc(C)cc2C(F)(F)F)[C@H](CC)CN1c1cc(=O)n(C)c2cn(CC#N)nc12. The molecular formula is C27H33F3N6O. The third kappa shape index (κ3) is 4.97. The van der Waals surface area contributed by atoms with Gasteiger partial charge in [-0.25, -0.2) is 0 Å². The molecule has 1 fully saturated rings. The van der Waals surface area contributed by atoms with Gasteiger partial charge in [0.15, 0.2) is 0 Å². The molecule has 3 heterocycles. The fourth-order valence-electron chi connectivity index (χ4n) is 5.53. The lowest BCUT2D eigenvalue weighted by Gasteiger charge is -2.49. The molecule has 37 heavy (non-hydrogen) atoms. The second-order valence-electron chi connectivity index (χ2n) is 9.88. The predicted octanol–water partition coefficient (Wildman–Crippen LogP) is 5.03. The van der Waals surface area contributed by atoms with Crippen LogP contribution in [-0.2, 0) is 19.8 Å². The molecular weight excluding hydrogens is 481 g/mol. The van der Waals surface area contributed by atoms with Gasteiger partial charge < -0.3 is 9.47 Å². The van der Waals surface area contributed by atoms with Crippen LogP contribution in [0, 0.1) is 18.3 Å². The van der Waals surface area contributed by atoms with Gasteiger partial charge in [0.25, 0.3) is 5.56 Å². The monoisotopic (exact) mass is 514 g/mol. The Morgan fingerprint density at radius 3 is 2.49 bits per heavy atom. The van der Waals surface area contributed by atoms with Gasteiger partial charge in [-0.3, -0.25) is 14.4 Å². The predicted molar refractivity (Wildman–Crippen MR) is 137 cm³/mol. The van der Waals surface area contributed by atoms with Crippen molar-refractivity contribution in [2.75, 3.05) is 18.0 Å². The van der Waals surface area contributed by atoms with Crippen molar-refractivity contribution in [3.05, 3.63) is 57.5 Å². The Morgan fingerprint density at radius 2 is 1.86 bits per heavy atom. The number of hydrogen-bond donors (Lipinski definition) is 0. The Kier molecular flexibility index (Phi) is 7.38. The first-order valence-electron chi connectivity index (χ1n) is 12.6. The summed E-state index contributed by atoms with van der Waals surface area (Å²) in [5.74, 6) is 0. The molecule has 1 aliphatic rings. The van der Waals surface area contributed by atoms with Crippen molar-refractivity contribution in [1.82, 2.24) is 19.2 Å². The Balaban J connectivity index is 1.75. The van der Waals surface area contributed by atoms with Crippen LogP contribution in [0.15, 0.2) is 35.3 Å². The second-order valence-corrected chi connectivity index (χ2v) is 9.88. The van der Waals surface area contributed by atoms with E-state index >= 15 is 0 Å². The molecule has 7 nitrogen and oxygen atoms in total. The van der Waals surface area contributed by atoms with Crippen molar-refractivity contribution < 1.29 is 13.2 Å². The van der Waals surface area contributed by atoms with E-state index in [0.29, 0.717) is 35.4 Å². The van der Waals surface area contributed by atoms with Gasteiger partial charge in [-0.05, 0) is 38.3 Å². The largest absolute Gasteiger partial charge is 0.416 e. The molecule has 0 unspecified atom stereocenters. The molecule has 0 radical (unpaired) electrons. The molecule has 198 valence electrons. The van der Waals surface area contributed by atoms with E-state index in [1.807, 2.05) is 20.8 Å².